The van der Waals surface area contributed by atoms with Gasteiger partial charge in [0.1, 0.15) is 10.5 Å². The van der Waals surface area contributed by atoms with E-state index in [1.54, 1.807) is 0 Å². The van der Waals surface area contributed by atoms with Crippen molar-refractivity contribution in [3.05, 3.63) is 57.6 Å². The first-order valence-corrected chi connectivity index (χ1v) is 10.4. The molecule has 1 atom stereocenters. The second kappa shape index (κ2) is 7.58. The van der Waals surface area contributed by atoms with Crippen LogP contribution in [0.5, 0.6) is 0 Å². The molecule has 1 N–H and O–H groups in total. The zero-order valence-corrected chi connectivity index (χ0v) is 16.2. The maximum atomic E-state index is 5.67. The van der Waals surface area contributed by atoms with E-state index in [0.717, 1.165) is 48.8 Å². The van der Waals surface area contributed by atoms with Crippen LogP contribution in [0, 0.1) is 4.64 Å². The molecule has 4 nitrogen and oxygen atoms in total. The van der Waals surface area contributed by atoms with Gasteiger partial charge in [-0.25, -0.2) is 4.98 Å². The van der Waals surface area contributed by atoms with Crippen molar-refractivity contribution < 1.29 is 0 Å². The molecule has 1 aromatic heterocycles. The number of rotatable bonds is 3. The summed E-state index contributed by atoms with van der Waals surface area (Å²) in [5.74, 6) is 3.34. The third-order valence-corrected chi connectivity index (χ3v) is 6.50. The van der Waals surface area contributed by atoms with Gasteiger partial charge in [0.25, 0.3) is 0 Å². The van der Waals surface area contributed by atoms with Gasteiger partial charge in [0, 0.05) is 55.4 Å². The summed E-state index contributed by atoms with van der Waals surface area (Å²) < 4.78 is 0.783. The van der Waals surface area contributed by atoms with Crippen LogP contribution in [0.3, 0.4) is 0 Å². The van der Waals surface area contributed by atoms with Crippen molar-refractivity contribution in [3.63, 3.8) is 0 Å². The van der Waals surface area contributed by atoms with Crippen LogP contribution in [0.1, 0.15) is 28.7 Å². The summed E-state index contributed by atoms with van der Waals surface area (Å²) in [7, 11) is 2.18. The number of nitrogens with zero attached hydrogens (tertiary/aromatic N) is 3. The molecule has 4 rings (SSSR count). The average molecular weight is 373 g/mol. The molecule has 0 aliphatic carbocycles. The number of aromatic amines is 1. The van der Waals surface area contributed by atoms with Crippen molar-refractivity contribution in [2.75, 3.05) is 31.6 Å². The van der Waals surface area contributed by atoms with Crippen LogP contribution in [0.2, 0.25) is 0 Å². The Kier molecular flexibility index (Phi) is 5.22. The van der Waals surface area contributed by atoms with E-state index < -0.39 is 0 Å². The van der Waals surface area contributed by atoms with E-state index >= 15 is 0 Å². The van der Waals surface area contributed by atoms with Crippen LogP contribution in [0.25, 0.3) is 0 Å². The number of fused-ring (bicyclic) bond motifs is 1. The molecule has 1 aromatic carbocycles. The number of aromatic nitrogens is 2. The predicted molar refractivity (Wildman–Crippen MR) is 106 cm³/mol. The molecule has 3 heterocycles. The van der Waals surface area contributed by atoms with E-state index in [2.05, 4.69) is 52.2 Å². The van der Waals surface area contributed by atoms with Gasteiger partial charge in [-0.05, 0) is 12.6 Å². The van der Waals surface area contributed by atoms with Crippen LogP contribution in [0.4, 0.5) is 0 Å². The van der Waals surface area contributed by atoms with E-state index in [1.165, 1.54) is 22.6 Å². The van der Waals surface area contributed by atoms with E-state index in [1.807, 2.05) is 11.8 Å². The zero-order chi connectivity index (χ0) is 17.2. The van der Waals surface area contributed by atoms with Crippen molar-refractivity contribution in [2.45, 2.75) is 25.6 Å². The van der Waals surface area contributed by atoms with Gasteiger partial charge < -0.3 is 4.98 Å². The molecule has 1 fully saturated rings. The highest BCUT2D eigenvalue weighted by Crippen LogP contribution is 2.28. The summed E-state index contributed by atoms with van der Waals surface area (Å²) in [6, 6.07) is 11.0. The third-order valence-electron chi connectivity index (χ3n) is 5.14. The minimum absolute atomic E-state index is 0.355. The number of thioether (sulfide) groups is 1. The Bertz CT molecular complexity index is 790. The van der Waals surface area contributed by atoms with Crippen molar-refractivity contribution in [2.24, 2.45) is 0 Å². The van der Waals surface area contributed by atoms with Crippen LogP contribution in [0.15, 0.2) is 30.3 Å². The fraction of sp³-hybridized carbons (Fsp3) is 0.474. The molecule has 25 heavy (non-hydrogen) atoms. The molecule has 6 heteroatoms. The summed E-state index contributed by atoms with van der Waals surface area (Å²) in [6.07, 6.45) is 1.02. The minimum Gasteiger partial charge on any atom is -0.345 e. The highest BCUT2D eigenvalue weighted by molar-refractivity contribution is 7.99. The first-order valence-electron chi connectivity index (χ1n) is 8.87. The van der Waals surface area contributed by atoms with Crippen LogP contribution >= 0.6 is 24.0 Å². The highest BCUT2D eigenvalue weighted by atomic mass is 32.2. The lowest BCUT2D eigenvalue weighted by Crippen LogP contribution is -2.35. The predicted octanol–water partition coefficient (Wildman–Crippen LogP) is 3.42. The second-order valence-electron chi connectivity index (χ2n) is 6.90. The summed E-state index contributed by atoms with van der Waals surface area (Å²) in [5.41, 5.74) is 3.86. The molecular formula is C19H24N4S2. The fourth-order valence-corrected chi connectivity index (χ4v) is 5.13. The van der Waals surface area contributed by atoms with Gasteiger partial charge >= 0.3 is 0 Å². The molecule has 0 spiro atoms. The Labute approximate surface area is 158 Å². The van der Waals surface area contributed by atoms with Gasteiger partial charge in [0.05, 0.1) is 6.04 Å². The molecule has 2 aliphatic heterocycles. The first-order chi connectivity index (χ1) is 12.2. The van der Waals surface area contributed by atoms with Gasteiger partial charge in [-0.15, -0.1) is 0 Å². The van der Waals surface area contributed by atoms with E-state index in [4.69, 9.17) is 17.2 Å². The lowest BCUT2D eigenvalue weighted by atomic mass is 10.1. The third kappa shape index (κ3) is 3.82. The fourth-order valence-electron chi connectivity index (χ4n) is 3.62. The summed E-state index contributed by atoms with van der Waals surface area (Å²) >= 11 is 7.67. The number of hydrogen-bond donors (Lipinski definition) is 1. The normalized spacial score (nSPS) is 21.9. The van der Waals surface area contributed by atoms with Crippen molar-refractivity contribution in [3.8, 4) is 0 Å². The number of H-pyrrole nitrogens is 1. The van der Waals surface area contributed by atoms with Gasteiger partial charge in [0.2, 0.25) is 0 Å². The van der Waals surface area contributed by atoms with Gasteiger partial charge in [-0.2, -0.15) is 11.8 Å². The molecule has 132 valence electrons. The second-order valence-corrected chi connectivity index (χ2v) is 8.44. The quantitative estimate of drug-likeness (QED) is 0.836. The standard InChI is InChI=1S/C19H24N4S2/c1-22-9-10-25-13-17(22)18-20-16-7-8-23(12-15(16)19(24)21-18)11-14-5-3-2-4-6-14/h2-6,17H,7-13H2,1H3,(H,20,21,24). The number of benzene rings is 1. The van der Waals surface area contributed by atoms with E-state index in [0.29, 0.717) is 6.04 Å². The molecule has 0 radical (unpaired) electrons. The summed E-state index contributed by atoms with van der Waals surface area (Å²) in [4.78, 5) is 13.3. The molecule has 1 saturated heterocycles. The molecule has 2 aliphatic rings. The van der Waals surface area contributed by atoms with Crippen LogP contribution < -0.4 is 0 Å². The Balaban J connectivity index is 1.54. The van der Waals surface area contributed by atoms with E-state index in [-0.39, 0.29) is 0 Å². The first kappa shape index (κ1) is 17.2. The molecule has 0 amide bonds. The van der Waals surface area contributed by atoms with Crippen LogP contribution in [-0.2, 0) is 19.5 Å². The summed E-state index contributed by atoms with van der Waals surface area (Å²) in [6.45, 7) is 4.03. The molecule has 1 unspecified atom stereocenters. The summed E-state index contributed by atoms with van der Waals surface area (Å²) in [5, 5.41) is 0. The van der Waals surface area contributed by atoms with Gasteiger partial charge in [-0.3, -0.25) is 9.80 Å². The van der Waals surface area contributed by atoms with Gasteiger partial charge in [-0.1, -0.05) is 42.5 Å². The van der Waals surface area contributed by atoms with Gasteiger partial charge in [0.15, 0.2) is 0 Å². The maximum Gasteiger partial charge on any atom is 0.134 e. The molecule has 0 bridgehead atoms. The molecule has 0 saturated carbocycles. The zero-order valence-electron chi connectivity index (χ0n) is 14.6. The number of hydrogen-bond acceptors (Lipinski definition) is 5. The monoisotopic (exact) mass is 372 g/mol. The Hall–Kier alpha value is -1.21. The average Bonchev–Trinajstić information content (AvgIpc) is 2.63. The largest absolute Gasteiger partial charge is 0.345 e. The Morgan fingerprint density at radius 3 is 2.92 bits per heavy atom. The molecule has 2 aromatic rings. The van der Waals surface area contributed by atoms with Crippen LogP contribution in [-0.4, -0.2) is 51.4 Å². The van der Waals surface area contributed by atoms with Crippen molar-refractivity contribution in [1.82, 2.24) is 19.8 Å². The number of nitrogens with one attached hydrogen (secondary N) is 1. The topological polar surface area (TPSA) is 35.2 Å². The van der Waals surface area contributed by atoms with E-state index in [9.17, 15) is 0 Å². The highest BCUT2D eigenvalue weighted by Gasteiger charge is 2.26. The minimum atomic E-state index is 0.355. The SMILES string of the molecule is CN1CCSCC1c1nc(=S)c2c([nH]1)CCN(Cc1ccccc1)C2. The smallest absolute Gasteiger partial charge is 0.134 e. The maximum absolute atomic E-state index is 5.67. The van der Waals surface area contributed by atoms with Crippen molar-refractivity contribution >= 4 is 24.0 Å². The molecular weight excluding hydrogens is 348 g/mol. The lowest BCUT2D eigenvalue weighted by molar-refractivity contribution is 0.238. The Morgan fingerprint density at radius 2 is 2.12 bits per heavy atom. The van der Waals surface area contributed by atoms with Crippen molar-refractivity contribution in [1.29, 1.82) is 0 Å². The lowest BCUT2D eigenvalue weighted by Gasteiger charge is -2.33. The Morgan fingerprint density at radius 1 is 1.28 bits per heavy atom.